The number of hydrogen-bond acceptors (Lipinski definition) is 9. The Labute approximate surface area is 173 Å². The maximum absolute atomic E-state index is 10.8. The van der Waals surface area contributed by atoms with Crippen LogP contribution >= 0.6 is 0 Å². The van der Waals surface area contributed by atoms with E-state index in [0.717, 1.165) is 5.56 Å². The third-order valence-electron chi connectivity index (χ3n) is 5.67. The minimum Gasteiger partial charge on any atom is -0.394 e. The second-order valence-corrected chi connectivity index (χ2v) is 7.46. The van der Waals surface area contributed by atoms with E-state index in [1.165, 1.54) is 17.2 Å². The number of anilines is 1. The summed E-state index contributed by atoms with van der Waals surface area (Å²) in [7, 11) is 1.81. The van der Waals surface area contributed by atoms with Crippen molar-refractivity contribution in [2.75, 3.05) is 18.6 Å². The van der Waals surface area contributed by atoms with Crippen LogP contribution in [0.3, 0.4) is 0 Å². The maximum Gasteiger partial charge on any atom is 0.167 e. The Morgan fingerprint density at radius 1 is 1.13 bits per heavy atom. The Morgan fingerprint density at radius 2 is 1.87 bits per heavy atom. The Kier molecular flexibility index (Phi) is 5.67. The van der Waals surface area contributed by atoms with E-state index in [2.05, 4.69) is 15.0 Å². The number of nitrogens with zero attached hydrogens (tertiary/aromatic N) is 5. The van der Waals surface area contributed by atoms with Crippen molar-refractivity contribution in [1.82, 2.24) is 19.5 Å². The zero-order valence-electron chi connectivity index (χ0n) is 16.6. The van der Waals surface area contributed by atoms with Crippen LogP contribution < -0.4 is 4.90 Å². The fraction of sp³-hybridized carbons (Fsp3) is 0.450. The molecule has 1 saturated heterocycles. The van der Waals surface area contributed by atoms with Crippen LogP contribution in [0.2, 0.25) is 0 Å². The van der Waals surface area contributed by atoms with Gasteiger partial charge in [0.05, 0.1) is 25.1 Å². The fourth-order valence-corrected chi connectivity index (χ4v) is 3.73. The summed E-state index contributed by atoms with van der Waals surface area (Å²) >= 11 is 0. The van der Waals surface area contributed by atoms with E-state index in [-0.39, 0.29) is 6.04 Å². The lowest BCUT2D eigenvalue weighted by molar-refractivity contribution is -0.0511. The number of ether oxygens (including phenoxy) is 1. The van der Waals surface area contributed by atoms with Crippen molar-refractivity contribution in [3.63, 3.8) is 0 Å². The highest BCUT2D eigenvalue weighted by molar-refractivity contribution is 5.83. The van der Waals surface area contributed by atoms with Crippen molar-refractivity contribution in [2.24, 2.45) is 0 Å². The van der Waals surface area contributed by atoms with E-state index in [1.54, 1.807) is 0 Å². The predicted molar refractivity (Wildman–Crippen MR) is 108 cm³/mol. The molecule has 0 saturated carbocycles. The molecule has 1 fully saturated rings. The summed E-state index contributed by atoms with van der Waals surface area (Å²) in [6.45, 7) is 1.47. The second-order valence-electron chi connectivity index (χ2n) is 7.46. The standard InChI is InChI=1S/C20H25N5O5/c1-11(15(27)12-6-4-3-5-7-12)24(2)18-14-19(22-9-21-18)25(10-23-14)20-17(29)16(28)13(8-26)30-20/h3-7,9-11,13,15-17,20,26-29H,8H2,1-2H3/t11-,13-,15-,16+,17?,20-/m1/s1. The molecular weight excluding hydrogens is 390 g/mol. The van der Waals surface area contributed by atoms with E-state index in [4.69, 9.17) is 4.74 Å². The van der Waals surface area contributed by atoms with Gasteiger partial charge in [0.15, 0.2) is 23.2 Å². The molecule has 1 aliphatic rings. The Bertz CT molecular complexity index is 1000. The molecule has 6 atom stereocenters. The van der Waals surface area contributed by atoms with Gasteiger partial charge in [-0.25, -0.2) is 15.0 Å². The van der Waals surface area contributed by atoms with Crippen LogP contribution in [0.25, 0.3) is 11.2 Å². The first-order valence-corrected chi connectivity index (χ1v) is 9.69. The molecular formula is C20H25N5O5. The van der Waals surface area contributed by atoms with Gasteiger partial charge in [0, 0.05) is 7.05 Å². The van der Waals surface area contributed by atoms with E-state index >= 15 is 0 Å². The summed E-state index contributed by atoms with van der Waals surface area (Å²) in [6, 6.07) is 9.04. The Balaban J connectivity index is 1.65. The normalized spacial score (nSPS) is 26.1. The molecule has 2 aromatic heterocycles. The highest BCUT2D eigenvalue weighted by atomic mass is 16.6. The van der Waals surface area contributed by atoms with Gasteiger partial charge < -0.3 is 30.1 Å². The average Bonchev–Trinajstić information content (AvgIpc) is 3.33. The lowest BCUT2D eigenvalue weighted by Gasteiger charge is -2.30. The number of likely N-dealkylation sites (N-methyl/N-ethyl adjacent to an activating group) is 1. The molecule has 0 radical (unpaired) electrons. The molecule has 0 amide bonds. The number of aliphatic hydroxyl groups is 4. The lowest BCUT2D eigenvalue weighted by Crippen LogP contribution is -2.35. The monoisotopic (exact) mass is 415 g/mol. The van der Waals surface area contributed by atoms with Gasteiger partial charge in [-0.05, 0) is 12.5 Å². The van der Waals surface area contributed by atoms with Crippen LogP contribution in [0, 0.1) is 0 Å². The number of aromatic nitrogens is 4. The molecule has 160 valence electrons. The molecule has 0 bridgehead atoms. The van der Waals surface area contributed by atoms with Crippen LogP contribution in [-0.4, -0.2) is 78.0 Å². The van der Waals surface area contributed by atoms with Crippen molar-refractivity contribution in [1.29, 1.82) is 0 Å². The van der Waals surface area contributed by atoms with Gasteiger partial charge in [-0.1, -0.05) is 30.3 Å². The third kappa shape index (κ3) is 3.42. The molecule has 4 N–H and O–H groups in total. The smallest absolute Gasteiger partial charge is 0.167 e. The van der Waals surface area contributed by atoms with Crippen molar-refractivity contribution in [3.05, 3.63) is 48.5 Å². The number of hydrogen-bond donors (Lipinski definition) is 4. The number of rotatable bonds is 6. The molecule has 1 unspecified atom stereocenters. The molecule has 0 aliphatic carbocycles. The molecule has 10 nitrogen and oxygen atoms in total. The highest BCUT2D eigenvalue weighted by Gasteiger charge is 2.44. The van der Waals surface area contributed by atoms with Crippen LogP contribution in [0.15, 0.2) is 43.0 Å². The summed E-state index contributed by atoms with van der Waals surface area (Å²) in [5.74, 6) is 0.507. The summed E-state index contributed by atoms with van der Waals surface area (Å²) < 4.78 is 7.10. The summed E-state index contributed by atoms with van der Waals surface area (Å²) in [6.07, 6.45) is -2.22. The van der Waals surface area contributed by atoms with Crippen LogP contribution in [0.1, 0.15) is 24.8 Å². The van der Waals surface area contributed by atoms with Crippen LogP contribution in [0.4, 0.5) is 5.82 Å². The van der Waals surface area contributed by atoms with Gasteiger partial charge in [0.1, 0.15) is 24.6 Å². The van der Waals surface area contributed by atoms with Gasteiger partial charge in [-0.2, -0.15) is 0 Å². The Morgan fingerprint density at radius 3 is 2.53 bits per heavy atom. The molecule has 1 aromatic carbocycles. The molecule has 0 spiro atoms. The topological polar surface area (TPSA) is 137 Å². The minimum atomic E-state index is -1.24. The summed E-state index contributed by atoms with van der Waals surface area (Å²) in [4.78, 5) is 14.8. The number of fused-ring (bicyclic) bond motifs is 1. The third-order valence-corrected chi connectivity index (χ3v) is 5.67. The van der Waals surface area contributed by atoms with Crippen molar-refractivity contribution >= 4 is 17.0 Å². The van der Waals surface area contributed by atoms with Crippen molar-refractivity contribution in [3.8, 4) is 0 Å². The van der Waals surface area contributed by atoms with E-state index < -0.39 is 37.3 Å². The first kappa shape index (κ1) is 20.6. The quantitative estimate of drug-likeness (QED) is 0.438. The van der Waals surface area contributed by atoms with Gasteiger partial charge in [-0.15, -0.1) is 0 Å². The fourth-order valence-electron chi connectivity index (χ4n) is 3.73. The van der Waals surface area contributed by atoms with Gasteiger partial charge in [0.25, 0.3) is 0 Å². The second kappa shape index (κ2) is 8.25. The first-order chi connectivity index (χ1) is 14.4. The highest BCUT2D eigenvalue weighted by Crippen LogP contribution is 2.33. The van der Waals surface area contributed by atoms with Gasteiger partial charge in [0.2, 0.25) is 0 Å². The number of benzene rings is 1. The lowest BCUT2D eigenvalue weighted by atomic mass is 10.0. The van der Waals surface area contributed by atoms with Crippen molar-refractivity contribution < 1.29 is 25.2 Å². The average molecular weight is 415 g/mol. The SMILES string of the molecule is C[C@H]([C@@H](O)c1ccccc1)N(C)c1ncnc2c1ncn2[C@@H]1O[C@H](CO)[C@H](O)C1O. The molecule has 4 rings (SSSR count). The molecule has 30 heavy (non-hydrogen) atoms. The molecule has 3 aromatic rings. The largest absolute Gasteiger partial charge is 0.394 e. The number of imidazole rings is 1. The maximum atomic E-state index is 10.8. The first-order valence-electron chi connectivity index (χ1n) is 9.69. The zero-order chi connectivity index (χ0) is 21.4. The Hall–Kier alpha value is -2.63. The molecule has 1 aliphatic heterocycles. The summed E-state index contributed by atoms with van der Waals surface area (Å²) in [5.41, 5.74) is 1.66. The number of aliphatic hydroxyl groups excluding tert-OH is 4. The summed E-state index contributed by atoms with van der Waals surface area (Å²) in [5, 5.41) is 40.5. The van der Waals surface area contributed by atoms with Gasteiger partial charge in [-0.3, -0.25) is 4.57 Å². The molecule has 10 heteroatoms. The zero-order valence-corrected chi connectivity index (χ0v) is 16.6. The predicted octanol–water partition coefficient (Wildman–Crippen LogP) is -0.00390. The van der Waals surface area contributed by atoms with E-state index in [1.807, 2.05) is 49.2 Å². The minimum absolute atomic E-state index is 0.315. The van der Waals surface area contributed by atoms with Crippen LogP contribution in [0.5, 0.6) is 0 Å². The molecule has 3 heterocycles. The van der Waals surface area contributed by atoms with E-state index in [9.17, 15) is 20.4 Å². The van der Waals surface area contributed by atoms with Crippen LogP contribution in [-0.2, 0) is 4.74 Å². The van der Waals surface area contributed by atoms with Gasteiger partial charge >= 0.3 is 0 Å². The van der Waals surface area contributed by atoms with Crippen molar-refractivity contribution in [2.45, 2.75) is 43.6 Å². The van der Waals surface area contributed by atoms with E-state index in [0.29, 0.717) is 17.0 Å².